The van der Waals surface area contributed by atoms with Crippen molar-refractivity contribution >= 4 is 5.78 Å². The lowest BCUT2D eigenvalue weighted by atomic mass is 9.49. The molecule has 0 spiro atoms. The van der Waals surface area contributed by atoms with E-state index in [0.29, 0.717) is 18.0 Å². The van der Waals surface area contributed by atoms with Gasteiger partial charge in [-0.2, -0.15) is 0 Å². The summed E-state index contributed by atoms with van der Waals surface area (Å²) in [7, 11) is 3.32. The molecule has 2 aliphatic carbocycles. The summed E-state index contributed by atoms with van der Waals surface area (Å²) in [5, 5.41) is 11.3. The zero-order chi connectivity index (χ0) is 19.4. The van der Waals surface area contributed by atoms with E-state index in [1.807, 2.05) is 13.8 Å². The Morgan fingerprint density at radius 2 is 1.88 bits per heavy atom. The van der Waals surface area contributed by atoms with Crippen molar-refractivity contribution in [1.82, 2.24) is 0 Å². The van der Waals surface area contributed by atoms with Crippen molar-refractivity contribution in [2.75, 3.05) is 14.2 Å². The number of hydrogen-bond acceptors (Lipinski definition) is 4. The molecule has 0 aromatic heterocycles. The summed E-state index contributed by atoms with van der Waals surface area (Å²) in [6.45, 7) is 10.5. The number of fused-ring (bicyclic) bond motifs is 3. The van der Waals surface area contributed by atoms with Gasteiger partial charge < -0.3 is 14.6 Å². The molecule has 0 radical (unpaired) electrons. The van der Waals surface area contributed by atoms with E-state index in [-0.39, 0.29) is 29.1 Å². The number of Topliss-reactive ketones (excluding diaryl/α,β-unsaturated/α-hetero) is 1. The topological polar surface area (TPSA) is 55.8 Å². The Morgan fingerprint density at radius 3 is 2.42 bits per heavy atom. The number of ketones is 1. The molecule has 0 aliphatic heterocycles. The molecule has 4 heteroatoms. The maximum Gasteiger partial charge on any atom is 0.164 e. The van der Waals surface area contributed by atoms with Gasteiger partial charge in [-0.15, -0.1) is 0 Å². The van der Waals surface area contributed by atoms with Crippen molar-refractivity contribution < 1.29 is 19.4 Å². The largest absolute Gasteiger partial charge is 0.504 e. The van der Waals surface area contributed by atoms with Crippen LogP contribution in [0.3, 0.4) is 0 Å². The number of carbonyl (C=O) groups is 1. The Labute approximate surface area is 156 Å². The van der Waals surface area contributed by atoms with E-state index in [1.165, 1.54) is 0 Å². The van der Waals surface area contributed by atoms with Crippen LogP contribution in [-0.2, 0) is 14.9 Å². The molecule has 1 aromatic rings. The molecule has 1 fully saturated rings. The maximum atomic E-state index is 12.6. The van der Waals surface area contributed by atoms with E-state index in [1.54, 1.807) is 14.2 Å². The SMILES string of the molecule is COc1c(C(C)C)cc2c(c1O)[C@@]1(C)CCC(=O)C(C)(C)[C@@H]1C[C@H]2OC. The smallest absolute Gasteiger partial charge is 0.164 e. The summed E-state index contributed by atoms with van der Waals surface area (Å²) >= 11 is 0. The molecule has 1 N–H and O–H groups in total. The highest BCUT2D eigenvalue weighted by Gasteiger charge is 2.56. The Morgan fingerprint density at radius 1 is 1.23 bits per heavy atom. The van der Waals surface area contributed by atoms with Gasteiger partial charge in [-0.1, -0.05) is 34.6 Å². The number of phenolic OH excluding ortho intramolecular Hbond substituents is 1. The normalized spacial score (nSPS) is 30.1. The van der Waals surface area contributed by atoms with Crippen LogP contribution in [0, 0.1) is 11.3 Å². The zero-order valence-electron chi connectivity index (χ0n) is 17.1. The van der Waals surface area contributed by atoms with E-state index in [9.17, 15) is 9.90 Å². The maximum absolute atomic E-state index is 12.6. The highest BCUT2D eigenvalue weighted by molar-refractivity contribution is 5.86. The number of aromatic hydroxyl groups is 1. The molecule has 144 valence electrons. The molecule has 4 nitrogen and oxygen atoms in total. The minimum absolute atomic E-state index is 0.120. The van der Waals surface area contributed by atoms with E-state index in [0.717, 1.165) is 29.5 Å². The molecular weight excluding hydrogens is 328 g/mol. The number of hydrogen-bond donors (Lipinski definition) is 1. The van der Waals surface area contributed by atoms with Crippen molar-refractivity contribution in [1.29, 1.82) is 0 Å². The van der Waals surface area contributed by atoms with Gasteiger partial charge in [-0.05, 0) is 36.3 Å². The van der Waals surface area contributed by atoms with Crippen molar-refractivity contribution in [3.63, 3.8) is 0 Å². The summed E-state index contributed by atoms with van der Waals surface area (Å²) in [6, 6.07) is 2.15. The highest BCUT2D eigenvalue weighted by atomic mass is 16.5. The van der Waals surface area contributed by atoms with Crippen LogP contribution in [0.1, 0.15) is 82.6 Å². The fraction of sp³-hybridized carbons (Fsp3) is 0.682. The second-order valence-corrected chi connectivity index (χ2v) is 9.04. The van der Waals surface area contributed by atoms with E-state index < -0.39 is 5.41 Å². The molecule has 0 saturated heterocycles. The first-order valence-corrected chi connectivity index (χ1v) is 9.59. The first-order chi connectivity index (χ1) is 12.1. The number of methoxy groups -OCH3 is 2. The first-order valence-electron chi connectivity index (χ1n) is 9.59. The fourth-order valence-corrected chi connectivity index (χ4v) is 5.47. The van der Waals surface area contributed by atoms with Crippen LogP contribution in [0.2, 0.25) is 0 Å². The lowest BCUT2D eigenvalue weighted by Crippen LogP contribution is -2.53. The average Bonchev–Trinajstić information content (AvgIpc) is 2.58. The van der Waals surface area contributed by atoms with Crippen molar-refractivity contribution in [2.24, 2.45) is 11.3 Å². The third-order valence-electron chi connectivity index (χ3n) is 7.02. The second kappa shape index (κ2) is 6.26. The zero-order valence-corrected chi connectivity index (χ0v) is 17.1. The van der Waals surface area contributed by atoms with Gasteiger partial charge in [-0.25, -0.2) is 0 Å². The lowest BCUT2D eigenvalue weighted by Gasteiger charge is -2.54. The number of rotatable bonds is 3. The Balaban J connectivity index is 2.31. The van der Waals surface area contributed by atoms with Gasteiger partial charge in [0.1, 0.15) is 5.78 Å². The Kier molecular flexibility index (Phi) is 4.63. The van der Waals surface area contributed by atoms with Gasteiger partial charge in [0.2, 0.25) is 0 Å². The van der Waals surface area contributed by atoms with Crippen LogP contribution in [0.25, 0.3) is 0 Å². The molecule has 26 heavy (non-hydrogen) atoms. The van der Waals surface area contributed by atoms with Crippen molar-refractivity contribution in [3.05, 3.63) is 22.8 Å². The third kappa shape index (κ3) is 2.49. The summed E-state index contributed by atoms with van der Waals surface area (Å²) in [5.74, 6) is 1.45. The monoisotopic (exact) mass is 360 g/mol. The van der Waals surface area contributed by atoms with E-state index in [2.05, 4.69) is 26.8 Å². The van der Waals surface area contributed by atoms with Gasteiger partial charge in [0, 0.05) is 35.5 Å². The average molecular weight is 360 g/mol. The number of ether oxygens (including phenoxy) is 2. The van der Waals surface area contributed by atoms with Gasteiger partial charge >= 0.3 is 0 Å². The van der Waals surface area contributed by atoms with Gasteiger partial charge in [-0.3, -0.25) is 4.79 Å². The predicted molar refractivity (Wildman–Crippen MR) is 102 cm³/mol. The fourth-order valence-electron chi connectivity index (χ4n) is 5.47. The van der Waals surface area contributed by atoms with Crippen molar-refractivity contribution in [2.45, 2.75) is 71.3 Å². The third-order valence-corrected chi connectivity index (χ3v) is 7.02. The van der Waals surface area contributed by atoms with Crippen LogP contribution < -0.4 is 4.74 Å². The number of benzene rings is 1. The highest BCUT2D eigenvalue weighted by Crippen LogP contribution is 2.62. The molecule has 3 rings (SSSR count). The molecule has 1 aromatic carbocycles. The van der Waals surface area contributed by atoms with E-state index in [4.69, 9.17) is 9.47 Å². The molecule has 0 heterocycles. The minimum Gasteiger partial charge on any atom is -0.504 e. The van der Waals surface area contributed by atoms with Crippen LogP contribution in [0.4, 0.5) is 0 Å². The van der Waals surface area contributed by atoms with Crippen LogP contribution in [-0.4, -0.2) is 25.1 Å². The van der Waals surface area contributed by atoms with E-state index >= 15 is 0 Å². The number of carbonyl (C=O) groups excluding carboxylic acids is 1. The quantitative estimate of drug-likeness (QED) is 0.835. The molecule has 2 aliphatic rings. The Hall–Kier alpha value is -1.55. The lowest BCUT2D eigenvalue weighted by molar-refractivity contribution is -0.139. The summed E-state index contributed by atoms with van der Waals surface area (Å²) in [6.07, 6.45) is 1.97. The first kappa shape index (κ1) is 19.2. The molecule has 0 unspecified atom stereocenters. The minimum atomic E-state index is -0.433. The number of phenols is 1. The summed E-state index contributed by atoms with van der Waals surface area (Å²) in [4.78, 5) is 12.6. The molecular formula is C22H32O4. The Bertz CT molecular complexity index is 734. The molecule has 0 amide bonds. The van der Waals surface area contributed by atoms with Crippen LogP contribution in [0.5, 0.6) is 11.5 Å². The van der Waals surface area contributed by atoms with Crippen molar-refractivity contribution in [3.8, 4) is 11.5 Å². The molecule has 0 bridgehead atoms. The van der Waals surface area contributed by atoms with Gasteiger partial charge in [0.15, 0.2) is 11.5 Å². The predicted octanol–water partition coefficient (Wildman–Crippen LogP) is 4.88. The summed E-state index contributed by atoms with van der Waals surface area (Å²) in [5.41, 5.74) is 2.27. The standard InChI is InChI=1S/C22H32O4/c1-12(2)13-10-14-15(25-6)11-16-21(3,4)17(23)8-9-22(16,5)18(14)19(24)20(13)26-7/h10,12,15-16,24H,8-9,11H2,1-7H3/t15-,16+,22+/m1/s1. The van der Waals surface area contributed by atoms with Gasteiger partial charge in [0.05, 0.1) is 13.2 Å². The molecule has 3 atom stereocenters. The summed E-state index contributed by atoms with van der Waals surface area (Å²) < 4.78 is 11.5. The van der Waals surface area contributed by atoms with Crippen LogP contribution in [0.15, 0.2) is 6.07 Å². The van der Waals surface area contributed by atoms with Crippen LogP contribution >= 0.6 is 0 Å². The molecule has 1 saturated carbocycles. The second-order valence-electron chi connectivity index (χ2n) is 9.04. The van der Waals surface area contributed by atoms with Gasteiger partial charge in [0.25, 0.3) is 0 Å².